The molecule has 1 atom stereocenters. The number of imide groups is 1. The van der Waals surface area contributed by atoms with Crippen molar-refractivity contribution in [2.75, 3.05) is 20.6 Å². The van der Waals surface area contributed by atoms with Gasteiger partial charge in [-0.2, -0.15) is 0 Å². The summed E-state index contributed by atoms with van der Waals surface area (Å²) in [5.74, 6) is -1.67. The van der Waals surface area contributed by atoms with Gasteiger partial charge in [-0.15, -0.1) is 0 Å². The first kappa shape index (κ1) is 18.4. The highest BCUT2D eigenvalue weighted by Gasteiger charge is 2.46. The van der Waals surface area contributed by atoms with Crippen LogP contribution in [0.15, 0.2) is 30.3 Å². The second kappa shape index (κ2) is 6.92. The Hall–Kier alpha value is -2.90. The number of amides is 4. The van der Waals surface area contributed by atoms with Crippen molar-refractivity contribution in [3.05, 3.63) is 35.9 Å². The van der Waals surface area contributed by atoms with Crippen LogP contribution in [-0.2, 0) is 19.1 Å². The molecule has 1 aromatic rings. The van der Waals surface area contributed by atoms with Crippen LogP contribution in [-0.4, -0.2) is 59.8 Å². The predicted octanol–water partition coefficient (Wildman–Crippen LogP) is 0.690. The van der Waals surface area contributed by atoms with Gasteiger partial charge in [0.2, 0.25) is 6.10 Å². The molecule has 8 heteroatoms. The molecule has 134 valence electrons. The predicted molar refractivity (Wildman–Crippen MR) is 88.3 cm³/mol. The molecule has 1 saturated heterocycles. The van der Waals surface area contributed by atoms with Gasteiger partial charge in [0, 0.05) is 19.7 Å². The van der Waals surface area contributed by atoms with Crippen molar-refractivity contribution >= 4 is 23.8 Å². The van der Waals surface area contributed by atoms with Gasteiger partial charge in [0.05, 0.1) is 0 Å². The van der Waals surface area contributed by atoms with Gasteiger partial charge in [-0.25, -0.2) is 4.79 Å². The Morgan fingerprint density at radius 1 is 1.20 bits per heavy atom. The van der Waals surface area contributed by atoms with E-state index in [9.17, 15) is 19.2 Å². The van der Waals surface area contributed by atoms with Crippen LogP contribution in [0.4, 0.5) is 4.79 Å². The van der Waals surface area contributed by atoms with Crippen LogP contribution in [0.5, 0.6) is 0 Å². The molecule has 4 amide bonds. The topological polar surface area (TPSA) is 96.0 Å². The van der Waals surface area contributed by atoms with Crippen molar-refractivity contribution in [1.29, 1.82) is 0 Å². The zero-order valence-corrected chi connectivity index (χ0v) is 14.6. The number of urea groups is 1. The number of hydrogen-bond acceptors (Lipinski definition) is 5. The van der Waals surface area contributed by atoms with E-state index in [1.165, 1.54) is 18.7 Å². The molecule has 1 heterocycles. The Balaban J connectivity index is 2.16. The van der Waals surface area contributed by atoms with Crippen LogP contribution in [0.3, 0.4) is 0 Å². The van der Waals surface area contributed by atoms with E-state index in [0.29, 0.717) is 5.56 Å². The SMILES string of the molecule is CN(C)C(=O)[C@@H](OC(=O)CN1C(=O)NC(=O)C1(C)C)c1ccccc1. The summed E-state index contributed by atoms with van der Waals surface area (Å²) < 4.78 is 5.34. The summed E-state index contributed by atoms with van der Waals surface area (Å²) in [7, 11) is 3.11. The Labute approximate surface area is 145 Å². The third-order valence-electron chi connectivity index (χ3n) is 4.00. The van der Waals surface area contributed by atoms with Crippen molar-refractivity contribution in [1.82, 2.24) is 15.1 Å². The lowest BCUT2D eigenvalue weighted by atomic mass is 10.0. The van der Waals surface area contributed by atoms with E-state index in [1.54, 1.807) is 44.4 Å². The van der Waals surface area contributed by atoms with Gasteiger partial charge in [0.25, 0.3) is 11.8 Å². The summed E-state index contributed by atoms with van der Waals surface area (Å²) in [5, 5.41) is 2.15. The third kappa shape index (κ3) is 3.78. The molecule has 25 heavy (non-hydrogen) atoms. The first-order valence-corrected chi connectivity index (χ1v) is 7.73. The summed E-state index contributed by atoms with van der Waals surface area (Å²) in [6.45, 7) is 2.62. The smallest absolute Gasteiger partial charge is 0.326 e. The maximum absolute atomic E-state index is 12.4. The van der Waals surface area contributed by atoms with Crippen molar-refractivity contribution in [3.63, 3.8) is 0 Å². The molecule has 0 spiro atoms. The van der Waals surface area contributed by atoms with Crippen LogP contribution in [0.2, 0.25) is 0 Å². The Morgan fingerprint density at radius 3 is 2.28 bits per heavy atom. The normalized spacial score (nSPS) is 17.0. The number of rotatable bonds is 5. The van der Waals surface area contributed by atoms with Gasteiger partial charge in [-0.05, 0) is 13.8 Å². The third-order valence-corrected chi connectivity index (χ3v) is 4.00. The molecule has 8 nitrogen and oxygen atoms in total. The van der Waals surface area contributed by atoms with Gasteiger partial charge < -0.3 is 9.64 Å². The molecule has 1 aromatic carbocycles. The van der Waals surface area contributed by atoms with Crippen molar-refractivity contribution in [2.24, 2.45) is 0 Å². The standard InChI is InChI=1S/C17H21N3O5/c1-17(2)15(23)18-16(24)20(17)10-12(21)25-13(14(22)19(3)4)11-8-6-5-7-9-11/h5-9,13H,10H2,1-4H3,(H,18,23,24)/t13-/m0/s1. The zero-order chi connectivity index (χ0) is 18.8. The highest BCUT2D eigenvalue weighted by Crippen LogP contribution is 2.23. The van der Waals surface area contributed by atoms with E-state index >= 15 is 0 Å². The summed E-state index contributed by atoms with van der Waals surface area (Å²) in [4.78, 5) is 50.7. The number of hydrogen-bond donors (Lipinski definition) is 1. The lowest BCUT2D eigenvalue weighted by Gasteiger charge is -2.28. The quantitative estimate of drug-likeness (QED) is 0.624. The first-order chi connectivity index (χ1) is 11.6. The monoisotopic (exact) mass is 347 g/mol. The van der Waals surface area contributed by atoms with Crippen LogP contribution in [0, 0.1) is 0 Å². The molecule has 0 aromatic heterocycles. The number of nitrogens with zero attached hydrogens (tertiary/aromatic N) is 2. The molecule has 0 bridgehead atoms. The van der Waals surface area contributed by atoms with Crippen LogP contribution in [0.1, 0.15) is 25.5 Å². The van der Waals surface area contributed by atoms with E-state index in [2.05, 4.69) is 5.32 Å². The second-order valence-electron chi connectivity index (χ2n) is 6.42. The minimum atomic E-state index is -1.16. The van der Waals surface area contributed by atoms with Crippen LogP contribution in [0.25, 0.3) is 0 Å². The van der Waals surface area contributed by atoms with Gasteiger partial charge in [-0.3, -0.25) is 24.6 Å². The molecule has 1 aliphatic rings. The number of esters is 1. The largest absolute Gasteiger partial charge is 0.446 e. The number of benzene rings is 1. The average molecular weight is 347 g/mol. The van der Waals surface area contributed by atoms with E-state index in [1.807, 2.05) is 0 Å². The molecule has 1 N–H and O–H groups in total. The van der Waals surface area contributed by atoms with Crippen molar-refractivity contribution in [3.8, 4) is 0 Å². The fourth-order valence-electron chi connectivity index (χ4n) is 2.38. The van der Waals surface area contributed by atoms with Crippen molar-refractivity contribution < 1.29 is 23.9 Å². The van der Waals surface area contributed by atoms with E-state index in [0.717, 1.165) is 4.90 Å². The molecule has 1 fully saturated rings. The van der Waals surface area contributed by atoms with Gasteiger partial charge in [0.1, 0.15) is 12.1 Å². The lowest BCUT2D eigenvalue weighted by molar-refractivity contribution is -0.160. The molecule has 0 saturated carbocycles. The number of likely N-dealkylation sites (N-methyl/N-ethyl adjacent to an activating group) is 1. The summed E-state index contributed by atoms with van der Waals surface area (Å²) in [6, 6.07) is 7.93. The maximum atomic E-state index is 12.4. The molecule has 0 radical (unpaired) electrons. The minimum Gasteiger partial charge on any atom is -0.446 e. The second-order valence-corrected chi connectivity index (χ2v) is 6.42. The van der Waals surface area contributed by atoms with E-state index in [-0.39, 0.29) is 0 Å². The number of nitrogens with one attached hydrogen (secondary N) is 1. The minimum absolute atomic E-state index is 0.402. The fraction of sp³-hybridized carbons (Fsp3) is 0.412. The maximum Gasteiger partial charge on any atom is 0.326 e. The molecule has 2 rings (SSSR count). The number of carbonyl (C=O) groups excluding carboxylic acids is 4. The number of ether oxygens (including phenoxy) is 1. The Morgan fingerprint density at radius 2 is 1.80 bits per heavy atom. The average Bonchev–Trinajstić information content (AvgIpc) is 2.75. The van der Waals surface area contributed by atoms with Gasteiger partial charge in [-0.1, -0.05) is 30.3 Å². The zero-order valence-electron chi connectivity index (χ0n) is 14.6. The number of carbonyl (C=O) groups is 4. The highest BCUT2D eigenvalue weighted by atomic mass is 16.5. The highest BCUT2D eigenvalue weighted by molar-refractivity contribution is 6.07. The first-order valence-electron chi connectivity index (χ1n) is 7.73. The summed E-state index contributed by atoms with van der Waals surface area (Å²) in [6.07, 6.45) is -1.12. The van der Waals surface area contributed by atoms with Crippen molar-refractivity contribution in [2.45, 2.75) is 25.5 Å². The van der Waals surface area contributed by atoms with Gasteiger partial charge >= 0.3 is 12.0 Å². The van der Waals surface area contributed by atoms with Crippen LogP contribution >= 0.6 is 0 Å². The summed E-state index contributed by atoms with van der Waals surface area (Å²) in [5.41, 5.74) is -0.639. The summed E-state index contributed by atoms with van der Waals surface area (Å²) >= 11 is 0. The Bertz CT molecular complexity index is 699. The van der Waals surface area contributed by atoms with Gasteiger partial charge in [0.15, 0.2) is 0 Å². The molecular formula is C17H21N3O5. The molecule has 0 aliphatic carbocycles. The van der Waals surface area contributed by atoms with E-state index in [4.69, 9.17) is 4.74 Å². The Kier molecular flexibility index (Phi) is 5.10. The molecule has 1 aliphatic heterocycles. The fourth-order valence-corrected chi connectivity index (χ4v) is 2.38. The van der Waals surface area contributed by atoms with E-state index < -0.39 is 42.0 Å². The lowest BCUT2D eigenvalue weighted by Crippen LogP contribution is -2.47. The van der Waals surface area contributed by atoms with Crippen LogP contribution < -0.4 is 5.32 Å². The molecular weight excluding hydrogens is 326 g/mol. The molecule has 0 unspecified atom stereocenters.